The highest BCUT2D eigenvalue weighted by Crippen LogP contribution is 2.34. The Kier molecular flexibility index (Phi) is 5.05. The van der Waals surface area contributed by atoms with Gasteiger partial charge in [0.1, 0.15) is 6.10 Å². The number of H-pyrrole nitrogens is 1. The van der Waals surface area contributed by atoms with Gasteiger partial charge in [0.05, 0.1) is 13.2 Å². The Morgan fingerprint density at radius 2 is 2.28 bits per heavy atom. The molecule has 2 unspecified atom stereocenters. The Bertz CT molecular complexity index is 573. The van der Waals surface area contributed by atoms with Crippen LogP contribution in [0.4, 0.5) is 0 Å². The molecule has 1 aromatic heterocycles. The molecular formula is C18H28N4O3. The fraction of sp³-hybridized carbons (Fsp3) is 0.778. The number of carbonyl (C=O) groups is 1. The molecule has 2 atom stereocenters. The fourth-order valence-electron chi connectivity index (χ4n) is 4.45. The summed E-state index contributed by atoms with van der Waals surface area (Å²) in [5, 5.41) is 7.09. The van der Waals surface area contributed by atoms with E-state index in [2.05, 4.69) is 15.1 Å². The van der Waals surface area contributed by atoms with Gasteiger partial charge >= 0.3 is 0 Å². The summed E-state index contributed by atoms with van der Waals surface area (Å²) in [4.78, 5) is 17.2. The average molecular weight is 348 g/mol. The van der Waals surface area contributed by atoms with E-state index >= 15 is 0 Å². The smallest absolute Gasteiger partial charge is 0.251 e. The van der Waals surface area contributed by atoms with Crippen LogP contribution in [0, 0.1) is 5.41 Å². The third-order valence-electron chi connectivity index (χ3n) is 5.65. The van der Waals surface area contributed by atoms with Crippen LogP contribution in [0.15, 0.2) is 12.3 Å². The standard InChI is InChI=1S/C18H28N4O3/c23-17(16-3-1-9-25-16)22-7-2-5-18(13-22)12-21(8-10-24-14-18)11-15-4-6-19-20-15/h4,6,16H,1-3,5,7-14H2,(H,19,20). The number of hydrogen-bond donors (Lipinski definition) is 1. The molecule has 7 nitrogen and oxygen atoms in total. The molecule has 3 fully saturated rings. The SMILES string of the molecule is O=C(C1CCCO1)N1CCCC2(COCCN(Cc3ccn[nH]3)C2)C1. The Labute approximate surface area is 148 Å². The van der Waals surface area contributed by atoms with E-state index in [0.717, 1.165) is 83.9 Å². The molecule has 7 heteroatoms. The van der Waals surface area contributed by atoms with Gasteiger partial charge in [-0.25, -0.2) is 0 Å². The van der Waals surface area contributed by atoms with Crippen LogP contribution in [0.25, 0.3) is 0 Å². The van der Waals surface area contributed by atoms with Crippen LogP contribution in [0.3, 0.4) is 0 Å². The van der Waals surface area contributed by atoms with Gasteiger partial charge in [0.15, 0.2) is 0 Å². The minimum atomic E-state index is -0.219. The molecule has 25 heavy (non-hydrogen) atoms. The van der Waals surface area contributed by atoms with E-state index in [1.807, 2.05) is 11.0 Å². The van der Waals surface area contributed by atoms with Crippen LogP contribution >= 0.6 is 0 Å². The van der Waals surface area contributed by atoms with Crippen molar-refractivity contribution in [3.63, 3.8) is 0 Å². The minimum Gasteiger partial charge on any atom is -0.379 e. The molecular weight excluding hydrogens is 320 g/mol. The Morgan fingerprint density at radius 1 is 1.32 bits per heavy atom. The third-order valence-corrected chi connectivity index (χ3v) is 5.65. The van der Waals surface area contributed by atoms with Crippen molar-refractivity contribution in [3.05, 3.63) is 18.0 Å². The monoisotopic (exact) mass is 348 g/mol. The van der Waals surface area contributed by atoms with Gasteiger partial charge in [-0.3, -0.25) is 14.8 Å². The molecule has 0 aliphatic carbocycles. The molecule has 0 radical (unpaired) electrons. The summed E-state index contributed by atoms with van der Waals surface area (Å²) in [6.45, 7) is 6.56. The lowest BCUT2D eigenvalue weighted by Crippen LogP contribution is -2.54. The Morgan fingerprint density at radius 3 is 3.08 bits per heavy atom. The van der Waals surface area contributed by atoms with E-state index in [4.69, 9.17) is 9.47 Å². The lowest BCUT2D eigenvalue weighted by Gasteiger charge is -2.44. The van der Waals surface area contributed by atoms with Crippen molar-refractivity contribution in [2.75, 3.05) is 46.0 Å². The first kappa shape index (κ1) is 17.0. The van der Waals surface area contributed by atoms with Crippen molar-refractivity contribution in [1.82, 2.24) is 20.0 Å². The van der Waals surface area contributed by atoms with E-state index in [1.165, 1.54) is 0 Å². The van der Waals surface area contributed by atoms with Crippen molar-refractivity contribution < 1.29 is 14.3 Å². The van der Waals surface area contributed by atoms with Gasteiger partial charge in [-0.1, -0.05) is 0 Å². The number of carbonyl (C=O) groups excluding carboxylic acids is 1. The molecule has 3 saturated heterocycles. The lowest BCUT2D eigenvalue weighted by atomic mass is 9.80. The van der Waals surface area contributed by atoms with Crippen molar-refractivity contribution in [3.8, 4) is 0 Å². The summed E-state index contributed by atoms with van der Waals surface area (Å²) in [6, 6.07) is 2.02. The summed E-state index contributed by atoms with van der Waals surface area (Å²) < 4.78 is 11.6. The van der Waals surface area contributed by atoms with Crippen molar-refractivity contribution in [1.29, 1.82) is 0 Å². The number of nitrogens with zero attached hydrogens (tertiary/aromatic N) is 3. The van der Waals surface area contributed by atoms with Crippen LogP contribution in [-0.4, -0.2) is 78.0 Å². The summed E-state index contributed by atoms with van der Waals surface area (Å²) >= 11 is 0. The van der Waals surface area contributed by atoms with Crippen molar-refractivity contribution in [2.45, 2.75) is 38.3 Å². The lowest BCUT2D eigenvalue weighted by molar-refractivity contribution is -0.145. The van der Waals surface area contributed by atoms with E-state index in [-0.39, 0.29) is 17.4 Å². The first-order valence-corrected chi connectivity index (χ1v) is 9.43. The molecule has 1 aromatic rings. The number of rotatable bonds is 3. The average Bonchev–Trinajstić information content (AvgIpc) is 3.29. The summed E-state index contributed by atoms with van der Waals surface area (Å²) in [7, 11) is 0. The number of ether oxygens (including phenoxy) is 2. The molecule has 0 aromatic carbocycles. The van der Waals surface area contributed by atoms with E-state index in [1.54, 1.807) is 6.20 Å². The minimum absolute atomic E-state index is 0.0308. The highest BCUT2D eigenvalue weighted by molar-refractivity contribution is 5.81. The Balaban J connectivity index is 1.43. The fourth-order valence-corrected chi connectivity index (χ4v) is 4.45. The van der Waals surface area contributed by atoms with Crippen LogP contribution in [-0.2, 0) is 20.8 Å². The van der Waals surface area contributed by atoms with Crippen LogP contribution < -0.4 is 0 Å². The number of piperidine rings is 1. The number of hydrogen-bond acceptors (Lipinski definition) is 5. The first-order chi connectivity index (χ1) is 12.2. The molecule has 4 rings (SSSR count). The zero-order valence-electron chi connectivity index (χ0n) is 14.8. The second kappa shape index (κ2) is 7.43. The quantitative estimate of drug-likeness (QED) is 0.883. The topological polar surface area (TPSA) is 70.7 Å². The highest BCUT2D eigenvalue weighted by Gasteiger charge is 2.41. The van der Waals surface area contributed by atoms with Crippen molar-refractivity contribution >= 4 is 5.91 Å². The summed E-state index contributed by atoms with van der Waals surface area (Å²) in [5.41, 5.74) is 1.16. The number of amides is 1. The maximum Gasteiger partial charge on any atom is 0.251 e. The molecule has 1 N–H and O–H groups in total. The molecule has 138 valence electrons. The van der Waals surface area contributed by atoms with Gasteiger partial charge in [-0.2, -0.15) is 5.10 Å². The Hall–Kier alpha value is -1.44. The molecule has 1 amide bonds. The number of aromatic amines is 1. The molecule has 0 saturated carbocycles. The molecule has 4 heterocycles. The number of likely N-dealkylation sites (tertiary alicyclic amines) is 1. The van der Waals surface area contributed by atoms with Gasteiger partial charge in [0.2, 0.25) is 0 Å². The van der Waals surface area contributed by atoms with Gasteiger partial charge in [-0.15, -0.1) is 0 Å². The predicted octanol–water partition coefficient (Wildman–Crippen LogP) is 1.03. The zero-order valence-corrected chi connectivity index (χ0v) is 14.8. The molecule has 3 aliphatic heterocycles. The summed E-state index contributed by atoms with van der Waals surface area (Å²) in [6.07, 6.45) is 5.59. The molecule has 3 aliphatic rings. The normalized spacial score (nSPS) is 31.4. The van der Waals surface area contributed by atoms with Crippen LogP contribution in [0.2, 0.25) is 0 Å². The highest BCUT2D eigenvalue weighted by atomic mass is 16.5. The second-order valence-electron chi connectivity index (χ2n) is 7.71. The predicted molar refractivity (Wildman–Crippen MR) is 91.9 cm³/mol. The first-order valence-electron chi connectivity index (χ1n) is 9.43. The third kappa shape index (κ3) is 3.88. The van der Waals surface area contributed by atoms with E-state index in [0.29, 0.717) is 0 Å². The maximum atomic E-state index is 12.8. The second-order valence-corrected chi connectivity index (χ2v) is 7.71. The summed E-state index contributed by atoms with van der Waals surface area (Å²) in [5.74, 6) is 0.181. The molecule has 0 bridgehead atoms. The van der Waals surface area contributed by atoms with Crippen LogP contribution in [0.5, 0.6) is 0 Å². The van der Waals surface area contributed by atoms with Gasteiger partial charge in [0.25, 0.3) is 5.91 Å². The van der Waals surface area contributed by atoms with Gasteiger partial charge in [0, 0.05) is 56.6 Å². The largest absolute Gasteiger partial charge is 0.379 e. The maximum absolute atomic E-state index is 12.8. The number of nitrogens with one attached hydrogen (secondary N) is 1. The number of aromatic nitrogens is 2. The zero-order chi connectivity index (χ0) is 17.1. The van der Waals surface area contributed by atoms with Gasteiger partial charge < -0.3 is 14.4 Å². The molecule has 1 spiro atoms. The van der Waals surface area contributed by atoms with Gasteiger partial charge in [-0.05, 0) is 31.7 Å². The van der Waals surface area contributed by atoms with Crippen LogP contribution in [0.1, 0.15) is 31.4 Å². The van der Waals surface area contributed by atoms with E-state index in [9.17, 15) is 4.79 Å². The van der Waals surface area contributed by atoms with E-state index < -0.39 is 0 Å². The van der Waals surface area contributed by atoms with Crippen molar-refractivity contribution in [2.24, 2.45) is 5.41 Å².